The van der Waals surface area contributed by atoms with Crippen molar-refractivity contribution < 1.29 is 101 Å². The number of hydrogen-bond acceptors (Lipinski definition) is 24. The zero-order valence-corrected chi connectivity index (χ0v) is 81.2. The van der Waals surface area contributed by atoms with Crippen LogP contribution in [0, 0.1) is 47.3 Å². The van der Waals surface area contributed by atoms with E-state index in [0.29, 0.717) is 120 Å². The zero-order chi connectivity index (χ0) is 98.5. The Labute approximate surface area is 801 Å². The largest absolute Gasteiger partial charge is 0.508 e. The van der Waals surface area contributed by atoms with E-state index in [4.69, 9.17) is 28.4 Å². The summed E-state index contributed by atoms with van der Waals surface area (Å²) in [6.07, 6.45) is 21.3. The Kier molecular flexibility index (Phi) is 44.0. The summed E-state index contributed by atoms with van der Waals surface area (Å²) in [5.41, 5.74) is 14.7. The number of fused-ring (bicyclic) bond motifs is 10. The average Bonchev–Trinajstić information content (AvgIpc) is 0.823. The van der Waals surface area contributed by atoms with Gasteiger partial charge in [-0.05, 0) is 215 Å². The summed E-state index contributed by atoms with van der Waals surface area (Å²) < 4.78 is 34.3. The minimum Gasteiger partial charge on any atom is -0.508 e. The van der Waals surface area contributed by atoms with Gasteiger partial charge in [-0.3, -0.25) is 72.6 Å². The first-order valence-corrected chi connectivity index (χ1v) is 48.6. The predicted molar refractivity (Wildman–Crippen MR) is 516 cm³/mol. The van der Waals surface area contributed by atoms with Crippen LogP contribution in [0.1, 0.15) is 236 Å². The summed E-state index contributed by atoms with van der Waals surface area (Å²) in [6.45, 7) is 20.6. The Morgan fingerprint density at radius 3 is 1.31 bits per heavy atom. The van der Waals surface area contributed by atoms with Crippen LogP contribution < -0.4 is 32.2 Å². The maximum atomic E-state index is 14.0. The van der Waals surface area contributed by atoms with E-state index in [1.165, 1.54) is 33.2 Å². The molecule has 11 rings (SSSR count). The number of rotatable bonds is 13. The number of hydrazine groups is 3. The first-order chi connectivity index (χ1) is 65.2. The second kappa shape index (κ2) is 55.2. The van der Waals surface area contributed by atoms with Crippen LogP contribution in [0.15, 0.2) is 146 Å². The lowest BCUT2D eigenvalue weighted by Crippen LogP contribution is -2.60. The summed E-state index contributed by atoms with van der Waals surface area (Å²) in [4.78, 5) is 163. The van der Waals surface area contributed by atoms with E-state index < -0.39 is 113 Å². The zero-order valence-electron chi connectivity index (χ0n) is 81.2. The second-order valence-electron chi connectivity index (χ2n) is 37.6. The standard InChI is InChI=1S/C37H49N3O7.C36H47N3O7.C33H49N3O7/c1-5-46-34-17-7-6-11-26-12-8-14-28(19-26)23-47-37(45)31-16-10-18-40(39-31)36(44)32(21-27-13-9-15-29(41)20-27)38-35(43)30(24(2)3)22-33(42)25(34)4;1-23(2)31-22-29(41)21-30(45-4)15-6-5-10-25-11-7-13-27(18-25)24(3)46-36(44)32-16-9-17-39(38-32)35(43)33(37-34(31)42)20-26-12-8-14-28(40)19-26;1-22(2)26-21-29(38)23(3)30(42-4)16-9-7-5-6-8-10-18-43-33(41)27-15-12-17-36(35-27)32(40)28(34-31(26)39)20-24-13-11-14-25(37)19-24/h6,8-9,11-15,19-20,24-25,30-32,34,39,41H,5,7,10,16-18,21-23H2,1-4H3,(H,38,43);5,7-8,10-14,18-19,23-24,30-33,38,40H,6,9,15-17,20-22H2,1-4H3,(H,37,42);5,7,11,13-14,19,22-23,26-28,30,35,37H,6,8-10,12,15-18,20-21H2,1-4H3,(H,34,39)/b11-6+;10-5+;7-5+/t25-,30-,31-,32-,34+;24-,30-,31+,32+,33+;23-,26-,27-,28-,30+/m010/s1. The van der Waals surface area contributed by atoms with Gasteiger partial charge in [0.15, 0.2) is 0 Å². The van der Waals surface area contributed by atoms with Gasteiger partial charge in [-0.2, -0.15) is 0 Å². The third kappa shape index (κ3) is 34.2. The molecule has 6 aliphatic rings. The number of nitrogens with zero attached hydrogens (tertiary/aromatic N) is 3. The Morgan fingerprint density at radius 1 is 0.426 bits per heavy atom. The molecule has 5 aromatic carbocycles. The lowest BCUT2D eigenvalue weighted by Gasteiger charge is -2.36. The van der Waals surface area contributed by atoms with E-state index in [0.717, 1.165) is 47.9 Å². The number of hydrogen-bond donors (Lipinski definition) is 9. The monoisotopic (exact) mass is 1880 g/mol. The highest BCUT2D eigenvalue weighted by atomic mass is 16.6. The number of Topliss-reactive ketones (excluding diaryl/α,β-unsaturated/α-hetero) is 3. The molecule has 9 N–H and O–H groups in total. The molecule has 10 bridgehead atoms. The van der Waals surface area contributed by atoms with Crippen molar-refractivity contribution in [2.45, 2.75) is 278 Å². The number of esters is 3. The van der Waals surface area contributed by atoms with Gasteiger partial charge in [0.2, 0.25) is 17.7 Å². The van der Waals surface area contributed by atoms with Crippen molar-refractivity contribution in [1.29, 1.82) is 0 Å². The van der Waals surface area contributed by atoms with Crippen LogP contribution in [0.2, 0.25) is 0 Å². The van der Waals surface area contributed by atoms with Crippen molar-refractivity contribution in [3.63, 3.8) is 0 Å². The Morgan fingerprint density at radius 2 is 0.846 bits per heavy atom. The lowest BCUT2D eigenvalue weighted by molar-refractivity contribution is -0.157. The minimum absolute atomic E-state index is 0.0137. The summed E-state index contributed by atoms with van der Waals surface area (Å²) in [5, 5.41) is 43.1. The molecule has 0 saturated carbocycles. The third-order valence-electron chi connectivity index (χ3n) is 26.1. The van der Waals surface area contributed by atoms with Crippen molar-refractivity contribution in [2.24, 2.45) is 47.3 Å². The molecule has 15 atom stereocenters. The maximum absolute atomic E-state index is 14.0. The molecule has 30 heteroatoms. The highest BCUT2D eigenvalue weighted by molar-refractivity contribution is 5.95. The Bertz CT molecular complexity index is 4900. The summed E-state index contributed by atoms with van der Waals surface area (Å²) in [6, 6.07) is 30.0. The van der Waals surface area contributed by atoms with Gasteiger partial charge in [0, 0.05) is 115 Å². The van der Waals surface area contributed by atoms with Crippen LogP contribution in [-0.4, -0.2) is 203 Å². The van der Waals surface area contributed by atoms with Gasteiger partial charge in [-0.1, -0.05) is 165 Å². The van der Waals surface area contributed by atoms with Gasteiger partial charge in [0.05, 0.1) is 24.9 Å². The first kappa shape index (κ1) is 108. The number of cyclic esters (lactones) is 3. The lowest BCUT2D eigenvalue weighted by atomic mass is 9.84. The quantitative estimate of drug-likeness (QED) is 0.0300. The van der Waals surface area contributed by atoms with Gasteiger partial charge < -0.3 is 59.7 Å². The number of allylic oxidation sites excluding steroid dienone is 4. The number of carbonyl (C=O) groups is 12. The normalized spacial score (nSPS) is 27.0. The van der Waals surface area contributed by atoms with Crippen LogP contribution in [0.5, 0.6) is 17.2 Å². The molecule has 0 aliphatic carbocycles. The highest BCUT2D eigenvalue weighted by Crippen LogP contribution is 2.31. The summed E-state index contributed by atoms with van der Waals surface area (Å²) in [7, 11) is 3.19. The fraction of sp³-hybridized carbons (Fsp3) is 0.547. The van der Waals surface area contributed by atoms with Gasteiger partial charge in [0.25, 0.3) is 17.7 Å². The molecule has 6 amide bonds. The summed E-state index contributed by atoms with van der Waals surface area (Å²) >= 11 is 0. The fourth-order valence-corrected chi connectivity index (χ4v) is 17.8. The highest BCUT2D eigenvalue weighted by Gasteiger charge is 2.42. The van der Waals surface area contributed by atoms with Gasteiger partial charge in [-0.15, -0.1) is 0 Å². The molecule has 5 aromatic rings. The molecule has 0 aromatic heterocycles. The van der Waals surface area contributed by atoms with Crippen molar-refractivity contribution in [2.75, 3.05) is 47.1 Å². The van der Waals surface area contributed by atoms with E-state index in [1.54, 1.807) is 68.8 Å². The maximum Gasteiger partial charge on any atom is 0.325 e. The number of aromatic hydroxyl groups is 3. The van der Waals surface area contributed by atoms with Crippen molar-refractivity contribution in [1.82, 2.24) is 47.3 Å². The first-order valence-electron chi connectivity index (χ1n) is 48.6. The number of ketones is 3. The number of nitrogens with one attached hydrogen (secondary N) is 6. The molecule has 30 nitrogen and oxygen atoms in total. The van der Waals surface area contributed by atoms with E-state index in [1.807, 2.05) is 136 Å². The molecule has 740 valence electrons. The third-order valence-corrected chi connectivity index (χ3v) is 26.1. The molecule has 0 spiro atoms. The average molecular weight is 1880 g/mol. The number of amides is 6. The molecular weight excluding hydrogens is 1740 g/mol. The van der Waals surface area contributed by atoms with Crippen molar-refractivity contribution in [3.05, 3.63) is 185 Å². The predicted octanol–water partition coefficient (Wildman–Crippen LogP) is 13.3. The summed E-state index contributed by atoms with van der Waals surface area (Å²) in [5.74, 6) is -7.11. The van der Waals surface area contributed by atoms with E-state index in [-0.39, 0.29) is 134 Å². The van der Waals surface area contributed by atoms with Gasteiger partial charge in [0.1, 0.15) is 83.6 Å². The molecule has 136 heavy (non-hydrogen) atoms. The van der Waals surface area contributed by atoms with Gasteiger partial charge >= 0.3 is 17.9 Å². The van der Waals surface area contributed by atoms with Crippen LogP contribution in [0.4, 0.5) is 0 Å². The molecule has 6 aliphatic heterocycles. The second-order valence-corrected chi connectivity index (χ2v) is 37.6. The molecule has 6 heterocycles. The number of carbonyl (C=O) groups excluding carboxylic acids is 12. The molecule has 0 radical (unpaired) electrons. The Balaban J connectivity index is 0.000000229. The van der Waals surface area contributed by atoms with Crippen molar-refractivity contribution >= 4 is 82.9 Å². The molecule has 3 fully saturated rings. The Hall–Kier alpha value is -11.3. The molecular formula is C106H145N9O21. The topological polar surface area (TPSA) is 403 Å². The van der Waals surface area contributed by atoms with Crippen LogP contribution >= 0.6 is 0 Å². The number of phenolic OH excluding ortho intramolecular Hbond substituents is 3. The fourth-order valence-electron chi connectivity index (χ4n) is 17.8. The van der Waals surface area contributed by atoms with E-state index >= 15 is 0 Å². The smallest absolute Gasteiger partial charge is 0.325 e. The van der Waals surface area contributed by atoms with Crippen LogP contribution in [0.25, 0.3) is 12.2 Å². The van der Waals surface area contributed by atoms with Crippen molar-refractivity contribution in [3.8, 4) is 17.2 Å². The van der Waals surface area contributed by atoms with E-state index in [9.17, 15) is 72.9 Å². The number of phenols is 3. The molecule has 3 saturated heterocycles. The van der Waals surface area contributed by atoms with Crippen LogP contribution in [0.3, 0.4) is 0 Å². The number of benzene rings is 5. The number of ether oxygens (including phenoxy) is 6. The van der Waals surface area contributed by atoms with Gasteiger partial charge in [-0.25, -0.2) is 16.3 Å². The van der Waals surface area contributed by atoms with Crippen LogP contribution in [-0.2, 0) is 112 Å². The number of methoxy groups -OCH3 is 2. The molecule has 0 unspecified atom stereocenters. The van der Waals surface area contributed by atoms with E-state index in [2.05, 4.69) is 50.5 Å². The minimum atomic E-state index is -1.01. The SMILES string of the molecule is CCO[C@@H]1CC/C=C/c2cccc(c2)COC(=O)[C@@H]2CCCN(N2)C(=O)[C@H](Cc2cccc(O)c2)NC(=O)[C@H](C(C)C)CC(=O)[C@@H]1C.CO[C@@H]1CC/C=C/CCCCOC(=O)[C@@H]2CCCN(N2)C(=O)[C@H](Cc2cccc(O)c2)NC(=O)[C@H](C(C)C)CC(=O)[C@@H]1C.CO[C@@H]1CC/C=C/c2cccc(c2)[C@@H](C)OC(=O)[C@@H]2CCCN(N2)C(=O)[C@H](Cc2cccc(O)c2)NC(=O)[C@H](C(C)C)CC(=O)C1.